The molecule has 0 aliphatic carbocycles. The Bertz CT molecular complexity index is 1180. The lowest BCUT2D eigenvalue weighted by Crippen LogP contribution is -2.48. The van der Waals surface area contributed by atoms with Crippen molar-refractivity contribution in [2.75, 3.05) is 5.32 Å². The zero-order chi connectivity index (χ0) is 23.4. The van der Waals surface area contributed by atoms with Crippen molar-refractivity contribution in [1.82, 2.24) is 15.2 Å². The standard InChI is InChI=1S/C23H20N4O5S/c28-19(26-22-24-16(13-33-22)21(30)31)17(12-11-14-7-3-1-4-8-14)27-20(29)18(25-23(27)32)15-9-5-2-6-10-15/h1-10,13,17-18H,11-12H2,(H,25,32)(H,30,31)(H,24,26,28). The van der Waals surface area contributed by atoms with Crippen LogP contribution in [0.1, 0.15) is 34.1 Å². The maximum absolute atomic E-state index is 13.2. The average Bonchev–Trinajstić information content (AvgIpc) is 3.40. The Morgan fingerprint density at radius 3 is 2.39 bits per heavy atom. The van der Waals surface area contributed by atoms with Crippen molar-refractivity contribution < 1.29 is 24.3 Å². The highest BCUT2D eigenvalue weighted by Crippen LogP contribution is 2.26. The molecule has 3 aromatic rings. The van der Waals surface area contributed by atoms with Gasteiger partial charge in [-0.25, -0.2) is 19.5 Å². The lowest BCUT2D eigenvalue weighted by Gasteiger charge is -2.24. The third-order valence-electron chi connectivity index (χ3n) is 5.22. The molecule has 0 saturated carbocycles. The molecule has 1 saturated heterocycles. The molecule has 1 fully saturated rings. The molecule has 0 radical (unpaired) electrons. The quantitative estimate of drug-likeness (QED) is 0.440. The van der Waals surface area contributed by atoms with E-state index in [9.17, 15) is 19.2 Å². The van der Waals surface area contributed by atoms with Crippen molar-refractivity contribution in [3.05, 3.63) is 82.9 Å². The summed E-state index contributed by atoms with van der Waals surface area (Å²) in [7, 11) is 0. The number of hydrogen-bond acceptors (Lipinski definition) is 6. The van der Waals surface area contributed by atoms with Crippen molar-refractivity contribution in [3.8, 4) is 0 Å². The number of aromatic carboxylic acids is 1. The molecule has 2 aromatic carbocycles. The van der Waals surface area contributed by atoms with E-state index in [2.05, 4.69) is 15.6 Å². The highest BCUT2D eigenvalue weighted by molar-refractivity contribution is 7.14. The van der Waals surface area contributed by atoms with Crippen LogP contribution in [-0.2, 0) is 16.0 Å². The van der Waals surface area contributed by atoms with Gasteiger partial charge in [0.15, 0.2) is 10.8 Å². The lowest BCUT2D eigenvalue weighted by molar-refractivity contribution is -0.134. The fourth-order valence-electron chi connectivity index (χ4n) is 3.60. The highest BCUT2D eigenvalue weighted by atomic mass is 32.1. The van der Waals surface area contributed by atoms with Crippen LogP contribution in [0.2, 0.25) is 0 Å². The number of carboxylic acids is 1. The second kappa shape index (κ2) is 9.61. The molecule has 4 rings (SSSR count). The number of carboxylic acid groups (broad SMARTS) is 1. The van der Waals surface area contributed by atoms with Crippen molar-refractivity contribution in [2.24, 2.45) is 0 Å². The Balaban J connectivity index is 1.58. The fraction of sp³-hybridized carbons (Fsp3) is 0.174. The molecule has 2 heterocycles. The van der Waals surface area contributed by atoms with Gasteiger partial charge in [0.1, 0.15) is 12.1 Å². The minimum Gasteiger partial charge on any atom is -0.476 e. The summed E-state index contributed by atoms with van der Waals surface area (Å²) in [6, 6.07) is 15.5. The summed E-state index contributed by atoms with van der Waals surface area (Å²) in [6.45, 7) is 0. The predicted molar refractivity (Wildman–Crippen MR) is 121 cm³/mol. The number of rotatable bonds is 8. The van der Waals surface area contributed by atoms with E-state index in [0.29, 0.717) is 12.0 Å². The van der Waals surface area contributed by atoms with Gasteiger partial charge >= 0.3 is 12.0 Å². The minimum absolute atomic E-state index is 0.0776. The SMILES string of the molecule is O=C(O)c1csc(NC(=O)C(CCc2ccccc2)N2C(=O)NC(c3ccccc3)C2=O)n1. The molecule has 168 valence electrons. The molecule has 10 heteroatoms. The number of anilines is 1. The van der Waals surface area contributed by atoms with E-state index in [-0.39, 0.29) is 17.2 Å². The molecule has 2 atom stereocenters. The average molecular weight is 465 g/mol. The van der Waals surface area contributed by atoms with Crippen LogP contribution >= 0.6 is 11.3 Å². The zero-order valence-corrected chi connectivity index (χ0v) is 18.1. The summed E-state index contributed by atoms with van der Waals surface area (Å²) in [4.78, 5) is 55.0. The molecule has 1 aliphatic heterocycles. The second-order valence-electron chi connectivity index (χ2n) is 7.37. The number of nitrogens with zero attached hydrogens (tertiary/aromatic N) is 2. The number of aryl methyl sites for hydroxylation is 1. The zero-order valence-electron chi connectivity index (χ0n) is 17.3. The largest absolute Gasteiger partial charge is 0.476 e. The molecule has 0 bridgehead atoms. The van der Waals surface area contributed by atoms with Crippen molar-refractivity contribution in [2.45, 2.75) is 24.9 Å². The van der Waals surface area contributed by atoms with Crippen LogP contribution in [0, 0.1) is 0 Å². The fourth-order valence-corrected chi connectivity index (χ4v) is 4.29. The first kappa shape index (κ1) is 22.2. The van der Waals surface area contributed by atoms with Gasteiger partial charge in [-0.3, -0.25) is 9.59 Å². The van der Waals surface area contributed by atoms with E-state index < -0.39 is 35.9 Å². The van der Waals surface area contributed by atoms with Crippen LogP contribution in [0.5, 0.6) is 0 Å². The third-order valence-corrected chi connectivity index (χ3v) is 5.98. The third kappa shape index (κ3) is 4.90. The van der Waals surface area contributed by atoms with Gasteiger partial charge in [0.25, 0.3) is 5.91 Å². The van der Waals surface area contributed by atoms with Gasteiger partial charge in [0.2, 0.25) is 5.91 Å². The molecule has 1 aromatic heterocycles. The number of thiazole rings is 1. The van der Waals surface area contributed by atoms with E-state index in [4.69, 9.17) is 5.11 Å². The first-order valence-electron chi connectivity index (χ1n) is 10.2. The summed E-state index contributed by atoms with van der Waals surface area (Å²) in [5.41, 5.74) is 1.37. The second-order valence-corrected chi connectivity index (χ2v) is 8.23. The van der Waals surface area contributed by atoms with E-state index in [0.717, 1.165) is 21.8 Å². The molecular weight excluding hydrogens is 444 g/mol. The van der Waals surface area contributed by atoms with Crippen LogP contribution in [0.3, 0.4) is 0 Å². The minimum atomic E-state index is -1.22. The smallest absolute Gasteiger partial charge is 0.355 e. The van der Waals surface area contributed by atoms with Crippen LogP contribution < -0.4 is 10.6 Å². The van der Waals surface area contributed by atoms with E-state index >= 15 is 0 Å². The van der Waals surface area contributed by atoms with Crippen LogP contribution in [-0.4, -0.2) is 44.8 Å². The van der Waals surface area contributed by atoms with Gasteiger partial charge in [-0.1, -0.05) is 60.7 Å². The Hall–Kier alpha value is -4.05. The van der Waals surface area contributed by atoms with Crippen molar-refractivity contribution >= 4 is 40.3 Å². The summed E-state index contributed by atoms with van der Waals surface area (Å²) >= 11 is 0.952. The molecule has 9 nitrogen and oxygen atoms in total. The Labute approximate surface area is 193 Å². The number of carbonyl (C=O) groups excluding carboxylic acids is 3. The number of benzene rings is 2. The topological polar surface area (TPSA) is 129 Å². The van der Waals surface area contributed by atoms with E-state index in [1.807, 2.05) is 30.3 Å². The summed E-state index contributed by atoms with van der Waals surface area (Å²) in [6.07, 6.45) is 0.637. The number of urea groups is 1. The number of nitrogens with one attached hydrogen (secondary N) is 2. The number of aromatic nitrogens is 1. The normalized spacial score (nSPS) is 16.4. The summed E-state index contributed by atoms with van der Waals surface area (Å²) in [5.74, 6) is -2.36. The van der Waals surface area contributed by atoms with Gasteiger partial charge in [0, 0.05) is 5.38 Å². The number of imide groups is 1. The number of carbonyl (C=O) groups is 4. The van der Waals surface area contributed by atoms with Gasteiger partial charge in [0.05, 0.1) is 0 Å². The van der Waals surface area contributed by atoms with Crippen LogP contribution in [0.15, 0.2) is 66.0 Å². The Kier molecular flexibility index (Phi) is 6.45. The molecule has 2 unspecified atom stereocenters. The van der Waals surface area contributed by atoms with Crippen LogP contribution in [0.25, 0.3) is 0 Å². The van der Waals surface area contributed by atoms with Crippen molar-refractivity contribution in [1.29, 1.82) is 0 Å². The van der Waals surface area contributed by atoms with Crippen LogP contribution in [0.4, 0.5) is 9.93 Å². The maximum atomic E-state index is 13.2. The highest BCUT2D eigenvalue weighted by Gasteiger charge is 2.45. The molecule has 1 aliphatic rings. The van der Waals surface area contributed by atoms with Gasteiger partial charge in [-0.05, 0) is 24.0 Å². The maximum Gasteiger partial charge on any atom is 0.355 e. The Morgan fingerprint density at radius 2 is 1.76 bits per heavy atom. The monoisotopic (exact) mass is 464 g/mol. The number of amides is 4. The first-order valence-corrected chi connectivity index (χ1v) is 11.0. The molecule has 4 amide bonds. The first-order chi connectivity index (χ1) is 15.9. The molecule has 0 spiro atoms. The van der Waals surface area contributed by atoms with Crippen molar-refractivity contribution in [3.63, 3.8) is 0 Å². The van der Waals surface area contributed by atoms with E-state index in [1.165, 1.54) is 5.38 Å². The van der Waals surface area contributed by atoms with Gasteiger partial charge < -0.3 is 15.7 Å². The summed E-state index contributed by atoms with van der Waals surface area (Å²) in [5, 5.41) is 15.6. The molecular formula is C23H20N4O5S. The Morgan fingerprint density at radius 1 is 1.09 bits per heavy atom. The lowest BCUT2D eigenvalue weighted by atomic mass is 10.0. The van der Waals surface area contributed by atoms with Gasteiger partial charge in [-0.2, -0.15) is 0 Å². The summed E-state index contributed by atoms with van der Waals surface area (Å²) < 4.78 is 0. The molecule has 3 N–H and O–H groups in total. The molecule has 33 heavy (non-hydrogen) atoms. The van der Waals surface area contributed by atoms with Gasteiger partial charge in [-0.15, -0.1) is 11.3 Å². The predicted octanol–water partition coefficient (Wildman–Crippen LogP) is 3.07. The van der Waals surface area contributed by atoms with E-state index in [1.54, 1.807) is 30.3 Å². The number of hydrogen-bond donors (Lipinski definition) is 3.